The Morgan fingerprint density at radius 3 is 2.86 bits per heavy atom. The molecular weight excluding hydrogens is 280 g/mol. The highest BCUT2D eigenvalue weighted by molar-refractivity contribution is 5.93. The van der Waals surface area contributed by atoms with Gasteiger partial charge in [0.15, 0.2) is 0 Å². The monoisotopic (exact) mass is 300 g/mol. The van der Waals surface area contributed by atoms with Crippen molar-refractivity contribution in [1.82, 2.24) is 19.7 Å². The summed E-state index contributed by atoms with van der Waals surface area (Å²) in [7, 11) is 3.57. The number of nitrogens with zero attached hydrogens (tertiary/aromatic N) is 3. The minimum Gasteiger partial charge on any atom is -0.346 e. The van der Waals surface area contributed by atoms with Gasteiger partial charge < -0.3 is 9.88 Å². The average molecular weight is 300 g/mol. The third-order valence-electron chi connectivity index (χ3n) is 4.23. The molecule has 0 aliphatic heterocycles. The first-order valence-corrected chi connectivity index (χ1v) is 7.55. The van der Waals surface area contributed by atoms with Gasteiger partial charge in [0.25, 0.3) is 11.5 Å². The smallest absolute Gasteiger partial charge is 0.251 e. The maximum atomic E-state index is 12.2. The zero-order valence-corrected chi connectivity index (χ0v) is 12.9. The Kier molecular flexibility index (Phi) is 3.83. The van der Waals surface area contributed by atoms with Gasteiger partial charge in [0.1, 0.15) is 0 Å². The summed E-state index contributed by atoms with van der Waals surface area (Å²) in [6.45, 7) is 0.437. The lowest BCUT2D eigenvalue weighted by Crippen LogP contribution is -2.27. The number of carbonyl (C=O) groups is 1. The van der Waals surface area contributed by atoms with Gasteiger partial charge in [0, 0.05) is 31.9 Å². The first-order chi connectivity index (χ1) is 10.6. The van der Waals surface area contributed by atoms with Crippen LogP contribution in [-0.2, 0) is 33.5 Å². The Bertz CT molecular complexity index is 773. The van der Waals surface area contributed by atoms with Crippen LogP contribution in [0.15, 0.2) is 23.1 Å². The zero-order chi connectivity index (χ0) is 15.7. The molecule has 0 saturated heterocycles. The SMILES string of the molecule is Cn1nc2c(c1CNC(=O)c1ccn(C)c(=O)c1)CCCC2. The summed E-state index contributed by atoms with van der Waals surface area (Å²) < 4.78 is 3.30. The molecule has 0 spiro atoms. The van der Waals surface area contributed by atoms with Gasteiger partial charge in [0.05, 0.1) is 17.9 Å². The normalized spacial score (nSPS) is 13.7. The zero-order valence-electron chi connectivity index (χ0n) is 12.9. The maximum absolute atomic E-state index is 12.2. The molecule has 2 aromatic heterocycles. The van der Waals surface area contributed by atoms with E-state index in [1.165, 1.54) is 29.0 Å². The molecule has 0 radical (unpaired) electrons. The topological polar surface area (TPSA) is 68.9 Å². The van der Waals surface area contributed by atoms with Crippen LogP contribution in [0.25, 0.3) is 0 Å². The molecule has 22 heavy (non-hydrogen) atoms. The number of fused-ring (bicyclic) bond motifs is 1. The highest BCUT2D eigenvalue weighted by Crippen LogP contribution is 2.23. The molecule has 6 nitrogen and oxygen atoms in total. The van der Waals surface area contributed by atoms with Crippen LogP contribution >= 0.6 is 0 Å². The predicted molar refractivity (Wildman–Crippen MR) is 82.7 cm³/mol. The van der Waals surface area contributed by atoms with Gasteiger partial charge in [-0.2, -0.15) is 5.10 Å². The van der Waals surface area contributed by atoms with Crippen molar-refractivity contribution in [3.05, 3.63) is 51.2 Å². The molecule has 2 heterocycles. The van der Waals surface area contributed by atoms with Crippen molar-refractivity contribution in [3.8, 4) is 0 Å². The van der Waals surface area contributed by atoms with E-state index < -0.39 is 0 Å². The van der Waals surface area contributed by atoms with Crippen molar-refractivity contribution in [1.29, 1.82) is 0 Å². The van der Waals surface area contributed by atoms with E-state index in [4.69, 9.17) is 0 Å². The van der Waals surface area contributed by atoms with Crippen molar-refractivity contribution in [2.24, 2.45) is 14.1 Å². The molecule has 1 aliphatic rings. The second kappa shape index (κ2) is 5.79. The molecule has 0 unspecified atom stereocenters. The molecule has 1 amide bonds. The lowest BCUT2D eigenvalue weighted by molar-refractivity contribution is 0.0949. The molecule has 0 fully saturated rings. The minimum atomic E-state index is -0.233. The largest absolute Gasteiger partial charge is 0.346 e. The number of rotatable bonds is 3. The standard InChI is InChI=1S/C16H20N4O2/c1-19-8-7-11(9-15(19)21)16(22)17-10-14-12-5-3-4-6-13(12)18-20(14)2/h7-9H,3-6,10H2,1-2H3,(H,17,22). The van der Waals surface area contributed by atoms with Gasteiger partial charge in [-0.1, -0.05) is 0 Å². The van der Waals surface area contributed by atoms with Gasteiger partial charge in [0.2, 0.25) is 0 Å². The third-order valence-corrected chi connectivity index (χ3v) is 4.23. The molecule has 116 valence electrons. The summed E-state index contributed by atoms with van der Waals surface area (Å²) in [5.41, 5.74) is 3.70. The van der Waals surface area contributed by atoms with E-state index >= 15 is 0 Å². The third kappa shape index (κ3) is 2.68. The van der Waals surface area contributed by atoms with Gasteiger partial charge in [-0.25, -0.2) is 0 Å². The van der Waals surface area contributed by atoms with Crippen LogP contribution in [0, 0.1) is 0 Å². The number of hydrogen-bond donors (Lipinski definition) is 1. The number of nitrogens with one attached hydrogen (secondary N) is 1. The quantitative estimate of drug-likeness (QED) is 0.917. The summed E-state index contributed by atoms with van der Waals surface area (Å²) in [6, 6.07) is 3.00. The molecule has 0 atom stereocenters. The van der Waals surface area contributed by atoms with Crippen molar-refractivity contribution in [3.63, 3.8) is 0 Å². The fourth-order valence-electron chi connectivity index (χ4n) is 2.92. The molecule has 1 N–H and O–H groups in total. The highest BCUT2D eigenvalue weighted by atomic mass is 16.2. The number of aryl methyl sites for hydroxylation is 3. The summed E-state index contributed by atoms with van der Waals surface area (Å²) >= 11 is 0. The summed E-state index contributed by atoms with van der Waals surface area (Å²) in [5.74, 6) is -0.233. The van der Waals surface area contributed by atoms with Crippen molar-refractivity contribution in [2.75, 3.05) is 0 Å². The van der Waals surface area contributed by atoms with E-state index in [1.807, 2.05) is 11.7 Å². The van der Waals surface area contributed by atoms with E-state index in [1.54, 1.807) is 19.3 Å². The molecule has 0 bridgehead atoms. The number of aromatic nitrogens is 3. The van der Waals surface area contributed by atoms with Gasteiger partial charge in [-0.15, -0.1) is 0 Å². The average Bonchev–Trinajstić information content (AvgIpc) is 2.83. The molecule has 0 aromatic carbocycles. The van der Waals surface area contributed by atoms with Crippen LogP contribution < -0.4 is 10.9 Å². The summed E-state index contributed by atoms with van der Waals surface area (Å²) in [5, 5.41) is 7.43. The number of amides is 1. The minimum absolute atomic E-state index is 0.189. The van der Waals surface area contributed by atoms with Crippen molar-refractivity contribution < 1.29 is 4.79 Å². The van der Waals surface area contributed by atoms with Gasteiger partial charge in [-0.05, 0) is 37.3 Å². The Hall–Kier alpha value is -2.37. The van der Waals surface area contributed by atoms with E-state index in [0.717, 1.165) is 24.2 Å². The molecule has 2 aromatic rings. The molecule has 3 rings (SSSR count). The van der Waals surface area contributed by atoms with Crippen LogP contribution in [0.5, 0.6) is 0 Å². The summed E-state index contributed by atoms with van der Waals surface area (Å²) in [6.07, 6.45) is 6.01. The van der Waals surface area contributed by atoms with Crippen LogP contribution in [0.3, 0.4) is 0 Å². The predicted octanol–water partition coefficient (Wildman–Crippen LogP) is 0.928. The van der Waals surface area contributed by atoms with E-state index in [2.05, 4.69) is 10.4 Å². The number of pyridine rings is 1. The maximum Gasteiger partial charge on any atom is 0.251 e. The first-order valence-electron chi connectivity index (χ1n) is 7.55. The van der Waals surface area contributed by atoms with Crippen LogP contribution in [-0.4, -0.2) is 20.3 Å². The Morgan fingerprint density at radius 2 is 2.09 bits per heavy atom. The first kappa shape index (κ1) is 14.6. The van der Waals surface area contributed by atoms with Crippen molar-refractivity contribution in [2.45, 2.75) is 32.2 Å². The fourth-order valence-corrected chi connectivity index (χ4v) is 2.92. The lowest BCUT2D eigenvalue weighted by Gasteiger charge is -2.12. The van der Waals surface area contributed by atoms with Crippen LogP contribution in [0.1, 0.15) is 40.2 Å². The second-order valence-electron chi connectivity index (χ2n) is 5.75. The van der Waals surface area contributed by atoms with Crippen molar-refractivity contribution >= 4 is 5.91 Å². The van der Waals surface area contributed by atoms with E-state index in [-0.39, 0.29) is 11.5 Å². The number of carbonyl (C=O) groups excluding carboxylic acids is 1. The summed E-state index contributed by atoms with van der Waals surface area (Å²) in [4.78, 5) is 23.8. The Morgan fingerprint density at radius 1 is 1.32 bits per heavy atom. The molecule has 0 saturated carbocycles. The van der Waals surface area contributed by atoms with Gasteiger partial charge in [-0.3, -0.25) is 14.3 Å². The van der Waals surface area contributed by atoms with E-state index in [9.17, 15) is 9.59 Å². The van der Waals surface area contributed by atoms with Gasteiger partial charge >= 0.3 is 0 Å². The number of hydrogen-bond acceptors (Lipinski definition) is 3. The van der Waals surface area contributed by atoms with Crippen LogP contribution in [0.2, 0.25) is 0 Å². The Balaban J connectivity index is 1.75. The fraction of sp³-hybridized carbons (Fsp3) is 0.438. The molecule has 6 heteroatoms. The highest BCUT2D eigenvalue weighted by Gasteiger charge is 2.19. The molecular formula is C16H20N4O2. The van der Waals surface area contributed by atoms with E-state index in [0.29, 0.717) is 12.1 Å². The molecule has 1 aliphatic carbocycles. The second-order valence-corrected chi connectivity index (χ2v) is 5.75. The Labute approximate surface area is 128 Å². The van der Waals surface area contributed by atoms with Crippen LogP contribution in [0.4, 0.5) is 0 Å². The lowest BCUT2D eigenvalue weighted by atomic mass is 9.96.